The molecule has 2 aromatic rings. The number of hydrazone groups is 1. The molecule has 2 aromatic carbocycles. The van der Waals surface area contributed by atoms with Crippen LogP contribution >= 0.6 is 0 Å². The zero-order valence-electron chi connectivity index (χ0n) is 12.8. The maximum atomic E-state index is 11.6. The molecular weight excluding hydrogens is 314 g/mol. The molecule has 0 heterocycles. The minimum absolute atomic E-state index is 0.0480. The first-order valence-corrected chi connectivity index (χ1v) is 6.91. The molecule has 0 unspecified atom stereocenters. The van der Waals surface area contributed by atoms with Crippen molar-refractivity contribution in [1.82, 2.24) is 5.43 Å². The average Bonchev–Trinajstić information content (AvgIpc) is 2.60. The van der Waals surface area contributed by atoms with Crippen molar-refractivity contribution >= 4 is 17.8 Å². The van der Waals surface area contributed by atoms with Gasteiger partial charge in [0.25, 0.3) is 11.6 Å². The number of carbonyl (C=O) groups is 1. The standard InChI is InChI=1S/C16H15N3O5/c1-23-14-5-7-15(8-6-14)24-11-16(20)18-17-10-12-3-2-4-13(9-12)19(21)22/h2-10H,11H2,1H3,(H,18,20). The number of non-ortho nitro benzene ring substituents is 1. The lowest BCUT2D eigenvalue weighted by Crippen LogP contribution is -2.24. The summed E-state index contributed by atoms with van der Waals surface area (Å²) in [7, 11) is 1.56. The number of hydrogen-bond donors (Lipinski definition) is 1. The van der Waals surface area contributed by atoms with Crippen LogP contribution in [-0.2, 0) is 4.79 Å². The zero-order chi connectivity index (χ0) is 17.4. The second kappa shape index (κ2) is 8.28. The van der Waals surface area contributed by atoms with Crippen molar-refractivity contribution in [3.05, 3.63) is 64.2 Å². The number of nitro groups is 1. The van der Waals surface area contributed by atoms with Gasteiger partial charge in [0, 0.05) is 17.7 Å². The van der Waals surface area contributed by atoms with Gasteiger partial charge in [0.15, 0.2) is 6.61 Å². The molecule has 0 radical (unpaired) electrons. The summed E-state index contributed by atoms with van der Waals surface area (Å²) in [5.74, 6) is 0.759. The third kappa shape index (κ3) is 5.09. The number of hydrogen-bond acceptors (Lipinski definition) is 6. The summed E-state index contributed by atoms with van der Waals surface area (Å²) in [5, 5.41) is 14.4. The Bertz CT molecular complexity index is 744. The number of benzene rings is 2. The van der Waals surface area contributed by atoms with Gasteiger partial charge in [-0.25, -0.2) is 5.43 Å². The fourth-order valence-electron chi connectivity index (χ4n) is 1.75. The second-order valence-electron chi connectivity index (χ2n) is 4.61. The number of nitrogens with one attached hydrogen (secondary N) is 1. The number of nitro benzene ring substituents is 1. The van der Waals surface area contributed by atoms with Gasteiger partial charge in [0.05, 0.1) is 18.2 Å². The summed E-state index contributed by atoms with van der Waals surface area (Å²) in [4.78, 5) is 21.8. The lowest BCUT2D eigenvalue weighted by Gasteiger charge is -2.05. The van der Waals surface area contributed by atoms with E-state index in [9.17, 15) is 14.9 Å². The number of rotatable bonds is 7. The van der Waals surface area contributed by atoms with E-state index in [4.69, 9.17) is 9.47 Å². The third-order valence-electron chi connectivity index (χ3n) is 2.91. The van der Waals surface area contributed by atoms with Crippen LogP contribution in [0.5, 0.6) is 11.5 Å². The minimum Gasteiger partial charge on any atom is -0.497 e. The summed E-state index contributed by atoms with van der Waals surface area (Å²) in [6, 6.07) is 12.7. The van der Waals surface area contributed by atoms with Gasteiger partial charge in [-0.2, -0.15) is 5.10 Å². The van der Waals surface area contributed by atoms with Gasteiger partial charge in [-0.05, 0) is 24.3 Å². The van der Waals surface area contributed by atoms with Gasteiger partial charge in [-0.1, -0.05) is 12.1 Å². The molecule has 0 fully saturated rings. The van der Waals surface area contributed by atoms with Gasteiger partial charge in [0.2, 0.25) is 0 Å². The Kier molecular flexibility index (Phi) is 5.84. The highest BCUT2D eigenvalue weighted by Gasteiger charge is 2.05. The molecule has 8 nitrogen and oxygen atoms in total. The Morgan fingerprint density at radius 2 is 1.96 bits per heavy atom. The van der Waals surface area contributed by atoms with Crippen LogP contribution in [0.15, 0.2) is 53.6 Å². The molecule has 0 aliphatic carbocycles. The van der Waals surface area contributed by atoms with Crippen LogP contribution in [-0.4, -0.2) is 30.8 Å². The van der Waals surface area contributed by atoms with Gasteiger partial charge in [0.1, 0.15) is 11.5 Å². The SMILES string of the molecule is COc1ccc(OCC(=O)NN=Cc2cccc([N+](=O)[O-])c2)cc1. The van der Waals surface area contributed by atoms with Crippen molar-refractivity contribution in [3.63, 3.8) is 0 Å². The number of amides is 1. The first kappa shape index (κ1) is 16.9. The molecule has 0 atom stereocenters. The number of nitrogens with zero attached hydrogens (tertiary/aromatic N) is 2. The van der Waals surface area contributed by atoms with Crippen molar-refractivity contribution < 1.29 is 19.2 Å². The Morgan fingerprint density at radius 3 is 2.62 bits per heavy atom. The van der Waals surface area contributed by atoms with Gasteiger partial charge in [-0.15, -0.1) is 0 Å². The Morgan fingerprint density at radius 1 is 1.25 bits per heavy atom. The molecule has 1 N–H and O–H groups in total. The Labute approximate surface area is 137 Å². The van der Waals surface area contributed by atoms with Crippen molar-refractivity contribution in [1.29, 1.82) is 0 Å². The highest BCUT2D eigenvalue weighted by atomic mass is 16.6. The maximum Gasteiger partial charge on any atom is 0.277 e. The van der Waals surface area contributed by atoms with E-state index in [2.05, 4.69) is 10.5 Å². The number of ether oxygens (including phenoxy) is 2. The fraction of sp³-hybridized carbons (Fsp3) is 0.125. The summed E-state index contributed by atoms with van der Waals surface area (Å²) in [6.07, 6.45) is 1.32. The zero-order valence-corrected chi connectivity index (χ0v) is 12.8. The lowest BCUT2D eigenvalue weighted by molar-refractivity contribution is -0.384. The normalized spacial score (nSPS) is 10.4. The summed E-state index contributed by atoms with van der Waals surface area (Å²) >= 11 is 0. The Balaban J connectivity index is 1.81. The predicted molar refractivity (Wildman–Crippen MR) is 87.3 cm³/mol. The largest absolute Gasteiger partial charge is 0.497 e. The highest BCUT2D eigenvalue weighted by Crippen LogP contribution is 2.16. The van der Waals surface area contributed by atoms with E-state index in [1.807, 2.05) is 0 Å². The van der Waals surface area contributed by atoms with Crippen LogP contribution in [0.2, 0.25) is 0 Å². The molecule has 8 heteroatoms. The van der Waals surface area contributed by atoms with E-state index >= 15 is 0 Å². The summed E-state index contributed by atoms with van der Waals surface area (Å²) in [6.45, 7) is -0.210. The summed E-state index contributed by atoms with van der Waals surface area (Å²) < 4.78 is 10.3. The van der Waals surface area contributed by atoms with Crippen LogP contribution in [0, 0.1) is 10.1 Å². The van der Waals surface area contributed by atoms with Crippen molar-refractivity contribution in [2.24, 2.45) is 5.10 Å². The molecule has 1 amide bonds. The van der Waals surface area contributed by atoms with Crippen LogP contribution in [0.4, 0.5) is 5.69 Å². The highest BCUT2D eigenvalue weighted by molar-refractivity contribution is 5.83. The molecule has 0 aliphatic rings. The molecule has 0 saturated heterocycles. The second-order valence-corrected chi connectivity index (χ2v) is 4.61. The van der Waals surface area contributed by atoms with Crippen LogP contribution in [0.1, 0.15) is 5.56 Å². The maximum absolute atomic E-state index is 11.6. The predicted octanol–water partition coefficient (Wildman–Crippen LogP) is 2.13. The molecule has 0 saturated carbocycles. The topological polar surface area (TPSA) is 103 Å². The van der Waals surface area contributed by atoms with E-state index in [1.165, 1.54) is 24.4 Å². The van der Waals surface area contributed by atoms with Crippen LogP contribution in [0.3, 0.4) is 0 Å². The van der Waals surface area contributed by atoms with Gasteiger partial charge in [-0.3, -0.25) is 14.9 Å². The van der Waals surface area contributed by atoms with Gasteiger partial charge < -0.3 is 9.47 Å². The quantitative estimate of drug-likeness (QED) is 0.476. The van der Waals surface area contributed by atoms with Crippen molar-refractivity contribution in [2.75, 3.05) is 13.7 Å². The lowest BCUT2D eigenvalue weighted by atomic mass is 10.2. The van der Waals surface area contributed by atoms with Crippen LogP contribution in [0.25, 0.3) is 0 Å². The van der Waals surface area contributed by atoms with Crippen molar-refractivity contribution in [3.8, 4) is 11.5 Å². The first-order valence-electron chi connectivity index (χ1n) is 6.91. The van der Waals surface area contributed by atoms with E-state index in [1.54, 1.807) is 37.4 Å². The Hall–Kier alpha value is -3.42. The van der Waals surface area contributed by atoms with E-state index in [0.29, 0.717) is 17.1 Å². The fourth-order valence-corrected chi connectivity index (χ4v) is 1.75. The first-order chi connectivity index (χ1) is 11.6. The molecule has 0 aromatic heterocycles. The molecule has 0 bridgehead atoms. The number of carbonyl (C=O) groups excluding carboxylic acids is 1. The molecule has 2 rings (SSSR count). The monoisotopic (exact) mass is 329 g/mol. The molecular formula is C16H15N3O5. The average molecular weight is 329 g/mol. The van der Waals surface area contributed by atoms with E-state index in [0.717, 1.165) is 0 Å². The molecule has 0 aliphatic heterocycles. The smallest absolute Gasteiger partial charge is 0.277 e. The van der Waals surface area contributed by atoms with E-state index < -0.39 is 10.8 Å². The summed E-state index contributed by atoms with van der Waals surface area (Å²) in [5.41, 5.74) is 2.74. The van der Waals surface area contributed by atoms with Crippen LogP contribution < -0.4 is 14.9 Å². The molecule has 24 heavy (non-hydrogen) atoms. The third-order valence-corrected chi connectivity index (χ3v) is 2.91. The van der Waals surface area contributed by atoms with Crippen molar-refractivity contribution in [2.45, 2.75) is 0 Å². The molecule has 124 valence electrons. The molecule has 0 spiro atoms. The number of methoxy groups -OCH3 is 1. The van der Waals surface area contributed by atoms with Gasteiger partial charge >= 0.3 is 0 Å². The van der Waals surface area contributed by atoms with E-state index in [-0.39, 0.29) is 12.3 Å². The minimum atomic E-state index is -0.501.